The van der Waals surface area contributed by atoms with Gasteiger partial charge in [0.25, 0.3) is 0 Å². The van der Waals surface area contributed by atoms with Crippen LogP contribution in [0.15, 0.2) is 48.9 Å². The quantitative estimate of drug-likeness (QED) is 0.593. The van der Waals surface area contributed by atoms with Gasteiger partial charge in [-0.2, -0.15) is 0 Å². The first-order valence-electron chi connectivity index (χ1n) is 5.16. The van der Waals surface area contributed by atoms with Crippen LogP contribution in [0.4, 0.5) is 0 Å². The number of benzene rings is 1. The summed E-state index contributed by atoms with van der Waals surface area (Å²) in [6.07, 6.45) is 4.04. The number of hydrazine groups is 1. The molecule has 4 heteroatoms. The Balaban J connectivity index is 2.13. The van der Waals surface area contributed by atoms with Gasteiger partial charge >= 0.3 is 0 Å². The van der Waals surface area contributed by atoms with E-state index in [4.69, 9.17) is 5.84 Å². The van der Waals surface area contributed by atoms with Crippen molar-refractivity contribution in [3.8, 4) is 0 Å². The SMILES string of the molecule is NN[C@@H](Cc1ccncn1)c1ccccc1. The molecule has 2 rings (SSSR count). The van der Waals surface area contributed by atoms with Gasteiger partial charge in [-0.1, -0.05) is 30.3 Å². The van der Waals surface area contributed by atoms with E-state index in [1.54, 1.807) is 12.5 Å². The third-order valence-corrected chi connectivity index (χ3v) is 2.46. The maximum Gasteiger partial charge on any atom is 0.115 e. The molecule has 0 saturated heterocycles. The second-order valence-electron chi connectivity index (χ2n) is 3.53. The lowest BCUT2D eigenvalue weighted by Gasteiger charge is -2.15. The zero-order valence-corrected chi connectivity index (χ0v) is 8.88. The Kier molecular flexibility index (Phi) is 3.58. The van der Waals surface area contributed by atoms with Gasteiger partial charge in [-0.25, -0.2) is 9.97 Å². The molecule has 4 nitrogen and oxygen atoms in total. The molecule has 16 heavy (non-hydrogen) atoms. The normalized spacial score (nSPS) is 12.3. The minimum absolute atomic E-state index is 0.0797. The van der Waals surface area contributed by atoms with Crippen molar-refractivity contribution in [2.24, 2.45) is 5.84 Å². The first-order chi connectivity index (χ1) is 7.90. The van der Waals surface area contributed by atoms with Gasteiger partial charge in [-0.15, -0.1) is 0 Å². The molecule has 0 aliphatic heterocycles. The summed E-state index contributed by atoms with van der Waals surface area (Å²) in [5.41, 5.74) is 4.94. The van der Waals surface area contributed by atoms with Crippen LogP contribution in [0.2, 0.25) is 0 Å². The van der Waals surface area contributed by atoms with E-state index in [0.29, 0.717) is 0 Å². The van der Waals surface area contributed by atoms with Gasteiger partial charge in [-0.3, -0.25) is 11.3 Å². The summed E-state index contributed by atoms with van der Waals surface area (Å²) in [5, 5.41) is 0. The summed E-state index contributed by atoms with van der Waals surface area (Å²) < 4.78 is 0. The first-order valence-corrected chi connectivity index (χ1v) is 5.16. The van der Waals surface area contributed by atoms with Crippen molar-refractivity contribution in [3.05, 3.63) is 60.2 Å². The Bertz CT molecular complexity index is 416. The van der Waals surface area contributed by atoms with Crippen molar-refractivity contribution in [2.75, 3.05) is 0 Å². The Labute approximate surface area is 94.5 Å². The minimum atomic E-state index is 0.0797. The average Bonchev–Trinajstić information content (AvgIpc) is 2.38. The predicted octanol–water partition coefficient (Wildman–Crippen LogP) is 1.22. The molecule has 1 aromatic carbocycles. The molecule has 0 saturated carbocycles. The number of aromatic nitrogens is 2. The predicted molar refractivity (Wildman–Crippen MR) is 62.2 cm³/mol. The Morgan fingerprint density at radius 1 is 1.19 bits per heavy atom. The van der Waals surface area contributed by atoms with E-state index in [-0.39, 0.29) is 6.04 Å². The highest BCUT2D eigenvalue weighted by atomic mass is 15.2. The van der Waals surface area contributed by atoms with Crippen molar-refractivity contribution in [1.29, 1.82) is 0 Å². The molecule has 0 aliphatic rings. The summed E-state index contributed by atoms with van der Waals surface area (Å²) in [4.78, 5) is 8.07. The summed E-state index contributed by atoms with van der Waals surface area (Å²) >= 11 is 0. The Hall–Kier alpha value is -1.78. The van der Waals surface area contributed by atoms with Gasteiger partial charge in [0.15, 0.2) is 0 Å². The zero-order chi connectivity index (χ0) is 11.2. The first kappa shape index (κ1) is 10.7. The number of nitrogens with one attached hydrogen (secondary N) is 1. The van der Waals surface area contributed by atoms with Crippen molar-refractivity contribution >= 4 is 0 Å². The molecule has 0 spiro atoms. The lowest BCUT2D eigenvalue weighted by atomic mass is 10.0. The fourth-order valence-corrected chi connectivity index (χ4v) is 1.61. The van der Waals surface area contributed by atoms with E-state index in [1.807, 2.05) is 36.4 Å². The topological polar surface area (TPSA) is 63.8 Å². The monoisotopic (exact) mass is 214 g/mol. The summed E-state index contributed by atoms with van der Waals surface area (Å²) in [7, 11) is 0. The van der Waals surface area contributed by atoms with Gasteiger partial charge in [0.05, 0.1) is 6.04 Å². The highest BCUT2D eigenvalue weighted by Crippen LogP contribution is 2.15. The number of nitrogens with two attached hydrogens (primary N) is 1. The van der Waals surface area contributed by atoms with Crippen LogP contribution in [-0.4, -0.2) is 9.97 Å². The van der Waals surface area contributed by atoms with Crippen LogP contribution < -0.4 is 11.3 Å². The third-order valence-electron chi connectivity index (χ3n) is 2.46. The van der Waals surface area contributed by atoms with Crippen LogP contribution in [-0.2, 0) is 6.42 Å². The number of nitrogens with zero attached hydrogens (tertiary/aromatic N) is 2. The molecule has 2 aromatic rings. The van der Waals surface area contributed by atoms with Gasteiger partial charge in [0, 0.05) is 18.3 Å². The van der Waals surface area contributed by atoms with Crippen LogP contribution in [0, 0.1) is 0 Å². The zero-order valence-electron chi connectivity index (χ0n) is 8.88. The van der Waals surface area contributed by atoms with Gasteiger partial charge < -0.3 is 0 Å². The molecule has 0 fully saturated rings. The van der Waals surface area contributed by atoms with Crippen LogP contribution in [0.1, 0.15) is 17.3 Å². The molecule has 1 aromatic heterocycles. The molecule has 3 N–H and O–H groups in total. The Morgan fingerprint density at radius 3 is 2.62 bits per heavy atom. The standard InChI is InChI=1S/C12H14N4/c13-16-12(10-4-2-1-3-5-10)8-11-6-7-14-9-15-11/h1-7,9,12,16H,8,13H2/t12-/m0/s1. The molecule has 1 heterocycles. The lowest BCUT2D eigenvalue weighted by molar-refractivity contribution is 0.545. The molecule has 1 atom stereocenters. The maximum atomic E-state index is 5.56. The van der Waals surface area contributed by atoms with Gasteiger partial charge in [0.1, 0.15) is 6.33 Å². The van der Waals surface area contributed by atoms with Crippen LogP contribution in [0.3, 0.4) is 0 Å². The summed E-state index contributed by atoms with van der Waals surface area (Å²) in [6.45, 7) is 0. The second-order valence-corrected chi connectivity index (χ2v) is 3.53. The second kappa shape index (κ2) is 5.34. The number of rotatable bonds is 4. The van der Waals surface area contributed by atoms with Crippen LogP contribution in [0.25, 0.3) is 0 Å². The van der Waals surface area contributed by atoms with Crippen molar-refractivity contribution in [3.63, 3.8) is 0 Å². The van der Waals surface area contributed by atoms with Crippen molar-refractivity contribution in [1.82, 2.24) is 15.4 Å². The number of hydrogen-bond acceptors (Lipinski definition) is 4. The molecule has 0 aliphatic carbocycles. The highest BCUT2D eigenvalue weighted by Gasteiger charge is 2.10. The smallest absolute Gasteiger partial charge is 0.115 e. The third kappa shape index (κ3) is 2.62. The van der Waals surface area contributed by atoms with Gasteiger partial charge in [-0.05, 0) is 11.6 Å². The summed E-state index contributed by atoms with van der Waals surface area (Å²) in [6, 6.07) is 12.1. The van der Waals surface area contributed by atoms with E-state index in [9.17, 15) is 0 Å². The fourth-order valence-electron chi connectivity index (χ4n) is 1.61. The van der Waals surface area contributed by atoms with Crippen molar-refractivity contribution < 1.29 is 0 Å². The highest BCUT2D eigenvalue weighted by molar-refractivity contribution is 5.20. The minimum Gasteiger partial charge on any atom is -0.271 e. The molecule has 0 bridgehead atoms. The van der Waals surface area contributed by atoms with E-state index in [2.05, 4.69) is 15.4 Å². The van der Waals surface area contributed by atoms with Crippen LogP contribution in [0.5, 0.6) is 0 Å². The fraction of sp³-hybridized carbons (Fsp3) is 0.167. The molecular formula is C12H14N4. The summed E-state index contributed by atoms with van der Waals surface area (Å²) in [5.74, 6) is 5.56. The lowest BCUT2D eigenvalue weighted by Crippen LogP contribution is -2.29. The maximum absolute atomic E-state index is 5.56. The molecule has 0 amide bonds. The van der Waals surface area contributed by atoms with Crippen molar-refractivity contribution in [2.45, 2.75) is 12.5 Å². The van der Waals surface area contributed by atoms with Crippen LogP contribution >= 0.6 is 0 Å². The molecule has 0 radical (unpaired) electrons. The Morgan fingerprint density at radius 2 is 2.00 bits per heavy atom. The number of hydrogen-bond donors (Lipinski definition) is 2. The van der Waals surface area contributed by atoms with E-state index >= 15 is 0 Å². The van der Waals surface area contributed by atoms with E-state index < -0.39 is 0 Å². The average molecular weight is 214 g/mol. The molecule has 0 unspecified atom stereocenters. The van der Waals surface area contributed by atoms with E-state index in [1.165, 1.54) is 0 Å². The molecule has 82 valence electrons. The largest absolute Gasteiger partial charge is 0.271 e. The van der Waals surface area contributed by atoms with Gasteiger partial charge in [0.2, 0.25) is 0 Å². The molecular weight excluding hydrogens is 200 g/mol. The van der Waals surface area contributed by atoms with E-state index in [0.717, 1.165) is 17.7 Å².